The predicted octanol–water partition coefficient (Wildman–Crippen LogP) is 3.16. The zero-order valence-electron chi connectivity index (χ0n) is 10.8. The third-order valence-electron chi connectivity index (χ3n) is 3.58. The van der Waals surface area contributed by atoms with E-state index < -0.39 is 0 Å². The summed E-state index contributed by atoms with van der Waals surface area (Å²) in [4.78, 5) is 11.6. The van der Waals surface area contributed by atoms with E-state index in [0.717, 1.165) is 24.0 Å². The second-order valence-electron chi connectivity index (χ2n) is 4.81. The predicted molar refractivity (Wildman–Crippen MR) is 69.7 cm³/mol. The van der Waals surface area contributed by atoms with Crippen LogP contribution in [0.3, 0.4) is 0 Å². The van der Waals surface area contributed by atoms with E-state index in [1.54, 1.807) is 19.1 Å². The first-order chi connectivity index (χ1) is 8.72. The van der Waals surface area contributed by atoms with Gasteiger partial charge in [0.1, 0.15) is 5.75 Å². The molecule has 0 heterocycles. The molecule has 1 fully saturated rings. The Labute approximate surface area is 108 Å². The van der Waals surface area contributed by atoms with Gasteiger partial charge in [-0.2, -0.15) is 0 Å². The fourth-order valence-corrected chi connectivity index (χ4v) is 2.81. The van der Waals surface area contributed by atoms with E-state index in [0.29, 0.717) is 18.3 Å². The van der Waals surface area contributed by atoms with Gasteiger partial charge in [-0.1, -0.05) is 25.0 Å². The number of aromatic hydroxyl groups is 1. The molecular formula is C15H20O3. The summed E-state index contributed by atoms with van der Waals surface area (Å²) in [6.45, 7) is 2.20. The van der Waals surface area contributed by atoms with Gasteiger partial charge >= 0.3 is 5.97 Å². The molecule has 1 saturated carbocycles. The van der Waals surface area contributed by atoms with Crippen LogP contribution >= 0.6 is 0 Å². The molecule has 2 rings (SSSR count). The third kappa shape index (κ3) is 2.84. The molecule has 1 aliphatic carbocycles. The van der Waals surface area contributed by atoms with Crippen molar-refractivity contribution in [3.8, 4) is 5.75 Å². The fraction of sp³-hybridized carbons (Fsp3) is 0.533. The van der Waals surface area contributed by atoms with Crippen molar-refractivity contribution in [3.63, 3.8) is 0 Å². The molecule has 0 unspecified atom stereocenters. The van der Waals surface area contributed by atoms with E-state index in [2.05, 4.69) is 0 Å². The van der Waals surface area contributed by atoms with Crippen LogP contribution in [0, 0.1) is 0 Å². The standard InChI is InChI=1S/C15H20O3/c1-2-18-14(17)10-12-8-5-9-13(16)15(12)11-6-3-4-7-11/h5,8-9,11,16H,2-4,6-7,10H2,1H3. The molecule has 3 heteroatoms. The molecule has 1 aromatic rings. The molecule has 1 aromatic carbocycles. The second-order valence-corrected chi connectivity index (χ2v) is 4.81. The Hall–Kier alpha value is -1.51. The first-order valence-electron chi connectivity index (χ1n) is 6.68. The van der Waals surface area contributed by atoms with Gasteiger partial charge in [0.2, 0.25) is 0 Å². The Morgan fingerprint density at radius 3 is 2.78 bits per heavy atom. The van der Waals surface area contributed by atoms with Gasteiger partial charge in [0.05, 0.1) is 13.0 Å². The van der Waals surface area contributed by atoms with Crippen LogP contribution in [0.1, 0.15) is 49.7 Å². The number of carbonyl (C=O) groups excluding carboxylic acids is 1. The number of phenolic OH excluding ortho intramolecular Hbond substituents is 1. The van der Waals surface area contributed by atoms with Gasteiger partial charge in [-0.15, -0.1) is 0 Å². The Kier molecular flexibility index (Phi) is 4.24. The summed E-state index contributed by atoms with van der Waals surface area (Å²) in [6, 6.07) is 5.43. The summed E-state index contributed by atoms with van der Waals surface area (Å²) < 4.78 is 4.98. The molecule has 0 saturated heterocycles. The Morgan fingerprint density at radius 1 is 1.39 bits per heavy atom. The van der Waals surface area contributed by atoms with Gasteiger partial charge in [0.15, 0.2) is 0 Å². The van der Waals surface area contributed by atoms with Crippen LogP contribution in [0.2, 0.25) is 0 Å². The molecule has 1 N–H and O–H groups in total. The molecule has 0 bridgehead atoms. The van der Waals surface area contributed by atoms with Gasteiger partial charge in [-0.25, -0.2) is 0 Å². The number of benzene rings is 1. The van der Waals surface area contributed by atoms with Crippen molar-refractivity contribution in [3.05, 3.63) is 29.3 Å². The smallest absolute Gasteiger partial charge is 0.310 e. The number of rotatable bonds is 4. The third-order valence-corrected chi connectivity index (χ3v) is 3.58. The number of phenols is 1. The maximum Gasteiger partial charge on any atom is 0.310 e. The van der Waals surface area contributed by atoms with Crippen LogP contribution in [0.15, 0.2) is 18.2 Å². The summed E-state index contributed by atoms with van der Waals surface area (Å²) in [5.41, 5.74) is 1.88. The monoisotopic (exact) mass is 248 g/mol. The van der Waals surface area contributed by atoms with E-state index in [-0.39, 0.29) is 12.4 Å². The zero-order valence-corrected chi connectivity index (χ0v) is 10.8. The van der Waals surface area contributed by atoms with E-state index in [4.69, 9.17) is 4.74 Å². The first-order valence-corrected chi connectivity index (χ1v) is 6.68. The van der Waals surface area contributed by atoms with Crippen molar-refractivity contribution < 1.29 is 14.6 Å². The molecule has 3 nitrogen and oxygen atoms in total. The van der Waals surface area contributed by atoms with Crippen molar-refractivity contribution in [1.82, 2.24) is 0 Å². The van der Waals surface area contributed by atoms with Crippen LogP contribution in [-0.2, 0) is 16.0 Å². The maximum atomic E-state index is 11.6. The highest BCUT2D eigenvalue weighted by Gasteiger charge is 2.23. The largest absolute Gasteiger partial charge is 0.508 e. The molecule has 98 valence electrons. The molecule has 0 amide bonds. The van der Waals surface area contributed by atoms with Gasteiger partial charge < -0.3 is 9.84 Å². The number of carbonyl (C=O) groups is 1. The lowest BCUT2D eigenvalue weighted by Crippen LogP contribution is -2.10. The molecule has 0 atom stereocenters. The second kappa shape index (κ2) is 5.89. The number of esters is 1. The Balaban J connectivity index is 2.23. The van der Waals surface area contributed by atoms with Crippen LogP contribution in [0.25, 0.3) is 0 Å². The summed E-state index contributed by atoms with van der Waals surface area (Å²) in [5, 5.41) is 10.0. The maximum absolute atomic E-state index is 11.6. The quantitative estimate of drug-likeness (QED) is 0.832. The normalized spacial score (nSPS) is 15.8. The summed E-state index contributed by atoms with van der Waals surface area (Å²) >= 11 is 0. The average Bonchev–Trinajstić information content (AvgIpc) is 2.82. The highest BCUT2D eigenvalue weighted by atomic mass is 16.5. The molecular weight excluding hydrogens is 228 g/mol. The molecule has 0 spiro atoms. The number of hydrogen-bond acceptors (Lipinski definition) is 3. The molecule has 0 aliphatic heterocycles. The summed E-state index contributed by atoms with van der Waals surface area (Å²) in [5.74, 6) is 0.502. The summed E-state index contributed by atoms with van der Waals surface area (Å²) in [6.07, 6.45) is 4.88. The minimum atomic E-state index is -0.220. The lowest BCUT2D eigenvalue weighted by molar-refractivity contribution is -0.142. The summed E-state index contributed by atoms with van der Waals surface area (Å²) in [7, 11) is 0. The highest BCUT2D eigenvalue weighted by molar-refractivity contribution is 5.73. The van der Waals surface area contributed by atoms with Crippen molar-refractivity contribution in [1.29, 1.82) is 0 Å². The van der Waals surface area contributed by atoms with Crippen LogP contribution in [0.4, 0.5) is 0 Å². The van der Waals surface area contributed by atoms with Crippen molar-refractivity contribution in [2.45, 2.75) is 44.9 Å². The topological polar surface area (TPSA) is 46.5 Å². The van der Waals surface area contributed by atoms with Crippen molar-refractivity contribution >= 4 is 5.97 Å². The van der Waals surface area contributed by atoms with Gasteiger partial charge in [0.25, 0.3) is 0 Å². The lowest BCUT2D eigenvalue weighted by atomic mass is 9.90. The Bertz CT molecular complexity index is 420. The van der Waals surface area contributed by atoms with Crippen LogP contribution < -0.4 is 0 Å². The first kappa shape index (κ1) is 12.9. The Morgan fingerprint density at radius 2 is 2.11 bits per heavy atom. The average molecular weight is 248 g/mol. The molecule has 0 radical (unpaired) electrons. The minimum absolute atomic E-state index is 0.220. The van der Waals surface area contributed by atoms with E-state index in [9.17, 15) is 9.90 Å². The fourth-order valence-electron chi connectivity index (χ4n) is 2.81. The van der Waals surface area contributed by atoms with Gasteiger partial charge in [-0.3, -0.25) is 4.79 Å². The van der Waals surface area contributed by atoms with Crippen LogP contribution in [-0.4, -0.2) is 17.7 Å². The van der Waals surface area contributed by atoms with Crippen molar-refractivity contribution in [2.24, 2.45) is 0 Å². The van der Waals surface area contributed by atoms with E-state index in [1.807, 2.05) is 6.07 Å². The lowest BCUT2D eigenvalue weighted by Gasteiger charge is -2.16. The molecule has 0 aromatic heterocycles. The zero-order chi connectivity index (χ0) is 13.0. The van der Waals surface area contributed by atoms with Gasteiger partial charge in [0, 0.05) is 5.56 Å². The SMILES string of the molecule is CCOC(=O)Cc1cccc(O)c1C1CCCC1. The van der Waals surface area contributed by atoms with Crippen molar-refractivity contribution in [2.75, 3.05) is 6.61 Å². The van der Waals surface area contributed by atoms with Gasteiger partial charge in [-0.05, 0) is 37.3 Å². The van der Waals surface area contributed by atoms with E-state index >= 15 is 0 Å². The minimum Gasteiger partial charge on any atom is -0.508 e. The van der Waals surface area contributed by atoms with Crippen LogP contribution in [0.5, 0.6) is 5.75 Å². The number of ether oxygens (including phenoxy) is 1. The van der Waals surface area contributed by atoms with E-state index in [1.165, 1.54) is 12.8 Å². The molecule has 1 aliphatic rings. The molecule has 18 heavy (non-hydrogen) atoms. The highest BCUT2D eigenvalue weighted by Crippen LogP contribution is 2.40. The number of hydrogen-bond donors (Lipinski definition) is 1.